The van der Waals surface area contributed by atoms with Crippen molar-refractivity contribution in [2.24, 2.45) is 5.92 Å². The van der Waals surface area contributed by atoms with Gasteiger partial charge in [-0.05, 0) is 42.5 Å². The van der Waals surface area contributed by atoms with Crippen molar-refractivity contribution in [3.8, 4) is 0 Å². The SMILES string of the molecule is O=C(N[C@H](c1cccnc1)C1CCOCC1)c1ccc(C(F)(F)F)nc1. The fourth-order valence-electron chi connectivity index (χ4n) is 3.00. The van der Waals surface area contributed by atoms with Gasteiger partial charge in [-0.3, -0.25) is 14.8 Å². The smallest absolute Gasteiger partial charge is 0.381 e. The van der Waals surface area contributed by atoms with Crippen LogP contribution in [0.25, 0.3) is 0 Å². The first kappa shape index (κ1) is 18.3. The average molecular weight is 365 g/mol. The monoisotopic (exact) mass is 365 g/mol. The number of carbonyl (C=O) groups is 1. The van der Waals surface area contributed by atoms with Crippen LogP contribution >= 0.6 is 0 Å². The quantitative estimate of drug-likeness (QED) is 0.902. The molecule has 0 unspecified atom stereocenters. The van der Waals surface area contributed by atoms with Crippen molar-refractivity contribution in [1.82, 2.24) is 15.3 Å². The van der Waals surface area contributed by atoms with Crippen LogP contribution in [0.5, 0.6) is 0 Å². The van der Waals surface area contributed by atoms with E-state index in [0.717, 1.165) is 36.7 Å². The summed E-state index contributed by atoms with van der Waals surface area (Å²) >= 11 is 0. The largest absolute Gasteiger partial charge is 0.433 e. The Morgan fingerprint density at radius 1 is 1.19 bits per heavy atom. The molecule has 0 spiro atoms. The van der Waals surface area contributed by atoms with Gasteiger partial charge < -0.3 is 10.1 Å². The van der Waals surface area contributed by atoms with E-state index in [1.165, 1.54) is 0 Å². The third-order valence-corrected chi connectivity index (χ3v) is 4.38. The molecule has 2 aromatic rings. The van der Waals surface area contributed by atoms with E-state index in [0.29, 0.717) is 13.2 Å². The number of rotatable bonds is 4. The molecule has 1 amide bonds. The number of amides is 1. The van der Waals surface area contributed by atoms with Gasteiger partial charge in [-0.2, -0.15) is 13.2 Å². The number of aromatic nitrogens is 2. The molecular formula is C18H18F3N3O2. The molecule has 1 N–H and O–H groups in total. The van der Waals surface area contributed by atoms with Crippen molar-refractivity contribution in [2.75, 3.05) is 13.2 Å². The molecule has 5 nitrogen and oxygen atoms in total. The maximum atomic E-state index is 12.6. The van der Waals surface area contributed by atoms with Crippen molar-refractivity contribution >= 4 is 5.91 Å². The molecule has 3 rings (SSSR count). The summed E-state index contributed by atoms with van der Waals surface area (Å²) in [5.41, 5.74) is -0.0890. The number of nitrogens with one attached hydrogen (secondary N) is 1. The summed E-state index contributed by atoms with van der Waals surface area (Å²) in [6, 6.07) is 5.31. The van der Waals surface area contributed by atoms with Crippen molar-refractivity contribution in [3.63, 3.8) is 0 Å². The van der Waals surface area contributed by atoms with Crippen molar-refractivity contribution in [2.45, 2.75) is 25.1 Å². The molecule has 0 bridgehead atoms. The van der Waals surface area contributed by atoms with Gasteiger partial charge >= 0.3 is 6.18 Å². The van der Waals surface area contributed by atoms with Crippen LogP contribution < -0.4 is 5.32 Å². The normalized spacial score (nSPS) is 16.9. The zero-order valence-electron chi connectivity index (χ0n) is 13.9. The molecule has 1 aliphatic rings. The first-order valence-corrected chi connectivity index (χ1v) is 8.27. The molecule has 1 atom stereocenters. The summed E-state index contributed by atoms with van der Waals surface area (Å²) in [5, 5.41) is 2.92. The van der Waals surface area contributed by atoms with Crippen LogP contribution in [0, 0.1) is 5.92 Å². The van der Waals surface area contributed by atoms with Crippen molar-refractivity contribution in [3.05, 3.63) is 59.7 Å². The zero-order valence-corrected chi connectivity index (χ0v) is 13.9. The van der Waals surface area contributed by atoms with E-state index in [9.17, 15) is 18.0 Å². The van der Waals surface area contributed by atoms with Gasteiger partial charge in [0.2, 0.25) is 0 Å². The Morgan fingerprint density at radius 3 is 2.54 bits per heavy atom. The maximum Gasteiger partial charge on any atom is 0.433 e. The number of hydrogen-bond donors (Lipinski definition) is 1. The van der Waals surface area contributed by atoms with Crippen LogP contribution in [0.4, 0.5) is 13.2 Å². The zero-order chi connectivity index (χ0) is 18.6. The highest BCUT2D eigenvalue weighted by atomic mass is 19.4. The number of carbonyl (C=O) groups excluding carboxylic acids is 1. The van der Waals surface area contributed by atoms with Gasteiger partial charge in [0, 0.05) is 31.8 Å². The Bertz CT molecular complexity index is 730. The van der Waals surface area contributed by atoms with Gasteiger partial charge in [0.25, 0.3) is 5.91 Å². The molecule has 0 saturated carbocycles. The second-order valence-electron chi connectivity index (χ2n) is 6.12. The summed E-state index contributed by atoms with van der Waals surface area (Å²) < 4.78 is 43.2. The van der Waals surface area contributed by atoms with Crippen LogP contribution in [0.3, 0.4) is 0 Å². The van der Waals surface area contributed by atoms with Gasteiger partial charge in [0.1, 0.15) is 5.69 Å². The second kappa shape index (κ2) is 7.82. The molecule has 8 heteroatoms. The third-order valence-electron chi connectivity index (χ3n) is 4.38. The minimum absolute atomic E-state index is 0.0824. The highest BCUT2D eigenvalue weighted by Gasteiger charge is 2.32. The lowest BCUT2D eigenvalue weighted by Gasteiger charge is -2.31. The lowest BCUT2D eigenvalue weighted by atomic mass is 9.87. The Balaban J connectivity index is 1.78. The van der Waals surface area contributed by atoms with E-state index in [2.05, 4.69) is 15.3 Å². The van der Waals surface area contributed by atoms with Crippen LogP contribution in [0.1, 0.15) is 40.5 Å². The molecular weight excluding hydrogens is 347 g/mol. The van der Waals surface area contributed by atoms with E-state index < -0.39 is 17.8 Å². The summed E-state index contributed by atoms with van der Waals surface area (Å²) in [5.74, 6) is -0.300. The van der Waals surface area contributed by atoms with Gasteiger partial charge in [0.15, 0.2) is 0 Å². The van der Waals surface area contributed by atoms with Crippen molar-refractivity contribution in [1.29, 1.82) is 0 Å². The number of alkyl halides is 3. The van der Waals surface area contributed by atoms with Crippen molar-refractivity contribution < 1.29 is 22.7 Å². The average Bonchev–Trinajstić information content (AvgIpc) is 2.67. The van der Waals surface area contributed by atoms with E-state index in [1.54, 1.807) is 18.5 Å². The first-order valence-electron chi connectivity index (χ1n) is 8.27. The van der Waals surface area contributed by atoms with E-state index in [1.807, 2.05) is 6.07 Å². The molecule has 3 heterocycles. The van der Waals surface area contributed by atoms with Gasteiger partial charge in [-0.25, -0.2) is 0 Å². The van der Waals surface area contributed by atoms with Crippen LogP contribution in [-0.4, -0.2) is 29.1 Å². The van der Waals surface area contributed by atoms with E-state index in [-0.39, 0.29) is 17.5 Å². The number of nitrogens with zero attached hydrogens (tertiary/aromatic N) is 2. The van der Waals surface area contributed by atoms with E-state index in [4.69, 9.17) is 4.74 Å². The first-order chi connectivity index (χ1) is 12.4. The van der Waals surface area contributed by atoms with E-state index >= 15 is 0 Å². The van der Waals surface area contributed by atoms with Crippen LogP contribution in [0.15, 0.2) is 42.9 Å². The van der Waals surface area contributed by atoms with Gasteiger partial charge in [0.05, 0.1) is 11.6 Å². The molecule has 0 aliphatic carbocycles. The number of pyridine rings is 2. The highest BCUT2D eigenvalue weighted by Crippen LogP contribution is 2.30. The molecule has 26 heavy (non-hydrogen) atoms. The van der Waals surface area contributed by atoms with Crippen LogP contribution in [-0.2, 0) is 10.9 Å². The molecule has 138 valence electrons. The fraction of sp³-hybridized carbons (Fsp3) is 0.389. The standard InChI is InChI=1S/C18H18F3N3O2/c19-18(20,21)15-4-3-14(11-23-15)17(25)24-16(12-5-8-26-9-6-12)13-2-1-7-22-10-13/h1-4,7,10-12,16H,5-6,8-9H2,(H,24,25)/t16-/m0/s1. The molecule has 1 fully saturated rings. The minimum atomic E-state index is -4.53. The molecule has 1 saturated heterocycles. The molecule has 2 aromatic heterocycles. The molecule has 0 radical (unpaired) electrons. The summed E-state index contributed by atoms with van der Waals surface area (Å²) in [7, 11) is 0. The van der Waals surface area contributed by atoms with Crippen LogP contribution in [0.2, 0.25) is 0 Å². The minimum Gasteiger partial charge on any atom is -0.381 e. The topological polar surface area (TPSA) is 64.1 Å². The Morgan fingerprint density at radius 2 is 1.96 bits per heavy atom. The summed E-state index contributed by atoms with van der Waals surface area (Å²) in [6.07, 6.45) is 1.31. The summed E-state index contributed by atoms with van der Waals surface area (Å²) in [4.78, 5) is 20.0. The van der Waals surface area contributed by atoms with Gasteiger partial charge in [-0.1, -0.05) is 6.07 Å². The highest BCUT2D eigenvalue weighted by molar-refractivity contribution is 5.94. The lowest BCUT2D eigenvalue weighted by molar-refractivity contribution is -0.141. The summed E-state index contributed by atoms with van der Waals surface area (Å²) in [6.45, 7) is 1.22. The predicted octanol–water partition coefficient (Wildman–Crippen LogP) is 3.39. The second-order valence-corrected chi connectivity index (χ2v) is 6.12. The lowest BCUT2D eigenvalue weighted by Crippen LogP contribution is -2.36. The third kappa shape index (κ3) is 4.37. The Labute approximate surface area is 148 Å². The maximum absolute atomic E-state index is 12.6. The number of hydrogen-bond acceptors (Lipinski definition) is 4. The Kier molecular flexibility index (Phi) is 5.51. The number of halogens is 3. The fourth-order valence-corrected chi connectivity index (χ4v) is 3.00. The van der Waals surface area contributed by atoms with Gasteiger partial charge in [-0.15, -0.1) is 0 Å². The predicted molar refractivity (Wildman–Crippen MR) is 87.2 cm³/mol. The molecule has 1 aliphatic heterocycles. The molecule has 0 aromatic carbocycles. The number of ether oxygens (including phenoxy) is 1. The Hall–Kier alpha value is -2.48.